The van der Waals surface area contributed by atoms with Crippen LogP contribution >= 0.6 is 30.8 Å². The van der Waals surface area contributed by atoms with Crippen molar-refractivity contribution in [2.24, 2.45) is 11.0 Å². The van der Waals surface area contributed by atoms with Crippen LogP contribution in [0.1, 0.15) is 0 Å². The van der Waals surface area contributed by atoms with E-state index in [0.717, 1.165) is 0 Å². The molecule has 0 fully saturated rings. The molecule has 0 bridgehead atoms. The predicted molar refractivity (Wildman–Crippen MR) is 56.1 cm³/mol. The Morgan fingerprint density at radius 3 is 2.38 bits per heavy atom. The first-order valence-corrected chi connectivity index (χ1v) is 5.89. The average Bonchev–Trinajstić information content (AvgIpc) is 1.93. The Kier molecular flexibility index (Phi) is 3.22. The molecule has 5 N–H and O–H groups in total. The van der Waals surface area contributed by atoms with Crippen LogP contribution in [0.3, 0.4) is 0 Å². The van der Waals surface area contributed by atoms with Gasteiger partial charge < -0.3 is 5.09 Å². The molecule has 0 saturated carbocycles. The molecule has 0 amide bonds. The first-order chi connectivity index (χ1) is 5.88. The highest BCUT2D eigenvalue weighted by atomic mass is 35.5. The van der Waals surface area contributed by atoms with Gasteiger partial charge in [-0.25, -0.2) is 0 Å². The Labute approximate surface area is 85.7 Å². The van der Waals surface area contributed by atoms with Gasteiger partial charge in [-0.1, -0.05) is 23.2 Å². The molecule has 4 nitrogen and oxygen atoms in total. The van der Waals surface area contributed by atoms with Crippen molar-refractivity contribution in [1.82, 2.24) is 0 Å². The van der Waals surface area contributed by atoms with Crippen LogP contribution in [0.4, 0.5) is 5.69 Å². The summed E-state index contributed by atoms with van der Waals surface area (Å²) in [7, 11) is -3.31. The molecule has 13 heavy (non-hydrogen) atoms. The van der Waals surface area contributed by atoms with Gasteiger partial charge in [-0.15, -0.1) is 0 Å². The quantitative estimate of drug-likeness (QED) is 0.693. The van der Waals surface area contributed by atoms with Crippen molar-refractivity contribution < 1.29 is 4.57 Å². The summed E-state index contributed by atoms with van der Waals surface area (Å²) in [6.07, 6.45) is 0. The van der Waals surface area contributed by atoms with E-state index >= 15 is 0 Å². The lowest BCUT2D eigenvalue weighted by Gasteiger charge is -2.11. The van der Waals surface area contributed by atoms with Crippen molar-refractivity contribution in [2.45, 2.75) is 0 Å². The predicted octanol–water partition coefficient (Wildman–Crippen LogP) is 2.43. The molecule has 0 spiro atoms. The maximum atomic E-state index is 11.0. The lowest BCUT2D eigenvalue weighted by Crippen LogP contribution is -2.13. The van der Waals surface area contributed by atoms with Crippen molar-refractivity contribution in [1.29, 1.82) is 0 Å². The third-order valence-corrected chi connectivity index (χ3v) is 2.36. The smallest absolute Gasteiger partial charge is 0.298 e. The number of halogens is 2. The zero-order valence-corrected chi connectivity index (χ0v) is 8.90. The van der Waals surface area contributed by atoms with Crippen molar-refractivity contribution >= 4 is 36.5 Å². The summed E-state index contributed by atoms with van der Waals surface area (Å²) in [6, 6.07) is 4.64. The van der Waals surface area contributed by atoms with Gasteiger partial charge in [0.05, 0.1) is 10.7 Å². The second-order valence-electron chi connectivity index (χ2n) is 2.45. The van der Waals surface area contributed by atoms with Crippen LogP contribution in [0.5, 0.6) is 0 Å². The maximum absolute atomic E-state index is 11.0. The van der Waals surface area contributed by atoms with Gasteiger partial charge in [0.1, 0.15) is 0 Å². The topological polar surface area (TPSA) is 81.1 Å². The normalized spacial score (nSPS) is 11.4. The molecular weight excluding hydrogens is 232 g/mol. The molecule has 1 aromatic carbocycles. The monoisotopic (exact) mass is 239 g/mol. The number of nitrogens with one attached hydrogen (secondary N) is 1. The average molecular weight is 240 g/mol. The standard InChI is InChI=1S/C6H8Cl2N3OP/c7-4-1-2-6(5(8)3-4)11-13(9,10)12/h1-3H,(H5,9,10,11,12). The SMILES string of the molecule is NP(N)(=O)Nc1ccc(Cl)cc1Cl. The Morgan fingerprint density at radius 1 is 1.31 bits per heavy atom. The van der Waals surface area contributed by atoms with Crippen LogP contribution in [-0.4, -0.2) is 0 Å². The molecule has 0 radical (unpaired) electrons. The Balaban J connectivity index is 2.97. The summed E-state index contributed by atoms with van der Waals surface area (Å²) in [6.45, 7) is 0. The number of anilines is 1. The van der Waals surface area contributed by atoms with Gasteiger partial charge in [-0.2, -0.15) is 0 Å². The second-order valence-corrected chi connectivity index (χ2v) is 4.93. The molecule has 72 valence electrons. The fraction of sp³-hybridized carbons (Fsp3) is 0. The molecular formula is C6H8Cl2N3OP. The van der Waals surface area contributed by atoms with Gasteiger partial charge in [0.25, 0.3) is 7.59 Å². The summed E-state index contributed by atoms with van der Waals surface area (Å²) in [4.78, 5) is 0. The van der Waals surface area contributed by atoms with E-state index in [1.54, 1.807) is 12.1 Å². The zero-order chi connectivity index (χ0) is 10.1. The molecule has 1 rings (SSSR count). The molecule has 0 aromatic heterocycles. The fourth-order valence-electron chi connectivity index (χ4n) is 0.768. The van der Waals surface area contributed by atoms with Crippen LogP contribution in [0.2, 0.25) is 10.0 Å². The summed E-state index contributed by atoms with van der Waals surface area (Å²) in [5, 5.41) is 3.21. The van der Waals surface area contributed by atoms with Crippen molar-refractivity contribution in [2.75, 3.05) is 5.09 Å². The van der Waals surface area contributed by atoms with Crippen LogP contribution in [-0.2, 0) is 4.57 Å². The van der Waals surface area contributed by atoms with E-state index in [1.165, 1.54) is 6.07 Å². The summed E-state index contributed by atoms with van der Waals surface area (Å²) in [5.74, 6) is 0. The van der Waals surface area contributed by atoms with Crippen LogP contribution in [0, 0.1) is 0 Å². The Morgan fingerprint density at radius 2 is 1.92 bits per heavy atom. The first-order valence-electron chi connectivity index (χ1n) is 3.29. The number of nitrogens with two attached hydrogens (primary N) is 2. The molecule has 0 unspecified atom stereocenters. The van der Waals surface area contributed by atoms with Gasteiger partial charge in [0, 0.05) is 5.02 Å². The Hall–Kier alpha value is -0.250. The van der Waals surface area contributed by atoms with E-state index in [9.17, 15) is 4.57 Å². The molecule has 0 aliphatic carbocycles. The van der Waals surface area contributed by atoms with Crippen molar-refractivity contribution in [3.8, 4) is 0 Å². The minimum absolute atomic E-state index is 0.323. The highest BCUT2D eigenvalue weighted by Crippen LogP contribution is 2.33. The van der Waals surface area contributed by atoms with Crippen molar-refractivity contribution in [3.05, 3.63) is 28.2 Å². The van der Waals surface area contributed by atoms with E-state index in [-0.39, 0.29) is 0 Å². The number of hydrogen-bond donors (Lipinski definition) is 3. The molecule has 0 heterocycles. The molecule has 0 aliphatic heterocycles. The highest BCUT2D eigenvalue weighted by Gasteiger charge is 2.10. The summed E-state index contributed by atoms with van der Waals surface area (Å²) in [5.41, 5.74) is 10.6. The van der Waals surface area contributed by atoms with Crippen LogP contribution in [0.25, 0.3) is 0 Å². The van der Waals surface area contributed by atoms with E-state index < -0.39 is 7.59 Å². The molecule has 1 aromatic rings. The number of benzene rings is 1. The van der Waals surface area contributed by atoms with Gasteiger partial charge in [-0.05, 0) is 18.2 Å². The summed E-state index contributed by atoms with van der Waals surface area (Å²) < 4.78 is 11.0. The van der Waals surface area contributed by atoms with Crippen molar-refractivity contribution in [3.63, 3.8) is 0 Å². The fourth-order valence-corrected chi connectivity index (χ4v) is 1.86. The first kappa shape index (κ1) is 10.8. The van der Waals surface area contributed by atoms with Gasteiger partial charge in [0.2, 0.25) is 0 Å². The third-order valence-electron chi connectivity index (χ3n) is 1.23. The number of rotatable bonds is 2. The third kappa shape index (κ3) is 3.55. The van der Waals surface area contributed by atoms with Gasteiger partial charge in [0.15, 0.2) is 0 Å². The van der Waals surface area contributed by atoms with E-state index in [1.807, 2.05) is 0 Å². The van der Waals surface area contributed by atoms with E-state index in [0.29, 0.717) is 15.7 Å². The van der Waals surface area contributed by atoms with Gasteiger partial charge >= 0.3 is 0 Å². The number of hydrogen-bond acceptors (Lipinski definition) is 1. The summed E-state index contributed by atoms with van der Waals surface area (Å²) >= 11 is 11.4. The largest absolute Gasteiger partial charge is 0.312 e. The second kappa shape index (κ2) is 3.86. The van der Waals surface area contributed by atoms with Crippen LogP contribution in [0.15, 0.2) is 18.2 Å². The van der Waals surface area contributed by atoms with Gasteiger partial charge in [-0.3, -0.25) is 15.6 Å². The Bertz CT molecular complexity index is 365. The minimum Gasteiger partial charge on any atom is -0.312 e. The highest BCUT2D eigenvalue weighted by molar-refractivity contribution is 7.60. The molecule has 0 aliphatic rings. The van der Waals surface area contributed by atoms with E-state index in [2.05, 4.69) is 5.09 Å². The maximum Gasteiger partial charge on any atom is 0.298 e. The molecule has 0 saturated heterocycles. The van der Waals surface area contributed by atoms with E-state index in [4.69, 9.17) is 34.2 Å². The molecule has 7 heteroatoms. The lowest BCUT2D eigenvalue weighted by molar-refractivity contribution is 0.580. The minimum atomic E-state index is -3.31. The lowest BCUT2D eigenvalue weighted by atomic mass is 10.3. The zero-order valence-electron chi connectivity index (χ0n) is 6.50. The van der Waals surface area contributed by atoms with Crippen LogP contribution < -0.4 is 16.1 Å². The molecule has 0 atom stereocenters.